The summed E-state index contributed by atoms with van der Waals surface area (Å²) >= 11 is 5.92. The van der Waals surface area contributed by atoms with Crippen LogP contribution in [0.4, 0.5) is 0 Å². The first-order valence-electron chi connectivity index (χ1n) is 4.48. The Morgan fingerprint density at radius 1 is 1.67 bits per heavy atom. The Labute approximate surface area is 92.6 Å². The molecule has 0 amide bonds. The van der Waals surface area contributed by atoms with Crippen molar-refractivity contribution in [2.75, 3.05) is 7.11 Å². The molecular weight excluding hydrogens is 220 g/mol. The molecule has 0 aliphatic carbocycles. The molecule has 0 aromatic carbocycles. The molecule has 15 heavy (non-hydrogen) atoms. The van der Waals surface area contributed by atoms with Crippen molar-refractivity contribution in [2.45, 2.75) is 26.5 Å². The number of aromatic carboxylic acids is 1. The molecule has 0 fully saturated rings. The number of rotatable bonds is 4. The van der Waals surface area contributed by atoms with E-state index in [1.807, 2.05) is 13.8 Å². The molecule has 1 rings (SSSR count). The van der Waals surface area contributed by atoms with E-state index in [2.05, 4.69) is 5.10 Å². The Bertz CT molecular complexity index is 374. The summed E-state index contributed by atoms with van der Waals surface area (Å²) in [6.45, 7) is 3.89. The third-order valence-corrected chi connectivity index (χ3v) is 2.27. The maximum Gasteiger partial charge on any atom is 0.340 e. The summed E-state index contributed by atoms with van der Waals surface area (Å²) in [5.41, 5.74) is 0.371. The van der Waals surface area contributed by atoms with Crippen molar-refractivity contribution in [2.24, 2.45) is 0 Å². The molecule has 0 radical (unpaired) electrons. The average molecular weight is 233 g/mol. The van der Waals surface area contributed by atoms with Gasteiger partial charge in [-0.15, -0.1) is 0 Å². The van der Waals surface area contributed by atoms with Gasteiger partial charge in [0.2, 0.25) is 0 Å². The normalized spacial score (nSPS) is 11.0. The van der Waals surface area contributed by atoms with E-state index in [1.165, 1.54) is 11.8 Å². The van der Waals surface area contributed by atoms with Gasteiger partial charge in [-0.1, -0.05) is 11.6 Å². The molecule has 5 nitrogen and oxygen atoms in total. The van der Waals surface area contributed by atoms with Crippen LogP contribution in [0.2, 0.25) is 5.15 Å². The van der Waals surface area contributed by atoms with Gasteiger partial charge in [0.05, 0.1) is 6.61 Å². The van der Waals surface area contributed by atoms with Crippen LogP contribution in [-0.2, 0) is 11.3 Å². The minimum atomic E-state index is -1.08. The Balaban J connectivity index is 3.26. The van der Waals surface area contributed by atoms with E-state index in [-0.39, 0.29) is 23.4 Å². The molecule has 0 atom stereocenters. The van der Waals surface area contributed by atoms with Crippen LogP contribution in [0.3, 0.4) is 0 Å². The maximum atomic E-state index is 11.0. The number of aromatic nitrogens is 2. The lowest BCUT2D eigenvalue weighted by Gasteiger charge is -2.05. The van der Waals surface area contributed by atoms with Crippen LogP contribution in [0.5, 0.6) is 0 Å². The quantitative estimate of drug-likeness (QED) is 0.862. The Hall–Kier alpha value is -1.07. The Kier molecular flexibility index (Phi) is 3.71. The van der Waals surface area contributed by atoms with Crippen molar-refractivity contribution in [3.8, 4) is 0 Å². The number of hydrogen-bond donors (Lipinski definition) is 1. The van der Waals surface area contributed by atoms with Crippen molar-refractivity contribution in [3.63, 3.8) is 0 Å². The van der Waals surface area contributed by atoms with E-state index in [4.69, 9.17) is 21.4 Å². The summed E-state index contributed by atoms with van der Waals surface area (Å²) in [5, 5.41) is 13.2. The molecule has 0 saturated heterocycles. The highest BCUT2D eigenvalue weighted by Gasteiger charge is 2.22. The lowest BCUT2D eigenvalue weighted by molar-refractivity contribution is 0.0692. The Morgan fingerprint density at radius 2 is 2.27 bits per heavy atom. The minimum absolute atomic E-state index is 0.0150. The van der Waals surface area contributed by atoms with Gasteiger partial charge in [0.1, 0.15) is 16.4 Å². The number of halogens is 1. The molecule has 1 N–H and O–H groups in total. The summed E-state index contributed by atoms with van der Waals surface area (Å²) in [5.74, 6) is -1.08. The van der Waals surface area contributed by atoms with Crippen LogP contribution in [-0.4, -0.2) is 28.0 Å². The number of ether oxygens (including phenoxy) is 1. The number of carbonyl (C=O) groups is 1. The second-order valence-electron chi connectivity index (χ2n) is 3.39. The summed E-state index contributed by atoms with van der Waals surface area (Å²) in [4.78, 5) is 11.0. The van der Waals surface area contributed by atoms with Crippen molar-refractivity contribution < 1.29 is 14.6 Å². The topological polar surface area (TPSA) is 64.4 Å². The average Bonchev–Trinajstić information content (AvgIpc) is 2.43. The number of hydrogen-bond acceptors (Lipinski definition) is 3. The summed E-state index contributed by atoms with van der Waals surface area (Å²) in [7, 11) is 1.48. The molecule has 0 unspecified atom stereocenters. The first kappa shape index (κ1) is 12.0. The Morgan fingerprint density at radius 3 is 2.67 bits per heavy atom. The molecule has 0 saturated carbocycles. The fourth-order valence-corrected chi connectivity index (χ4v) is 1.67. The van der Waals surface area contributed by atoms with Crippen LogP contribution < -0.4 is 0 Å². The fourth-order valence-electron chi connectivity index (χ4n) is 1.25. The summed E-state index contributed by atoms with van der Waals surface area (Å²) in [6, 6.07) is 0.0150. The largest absolute Gasteiger partial charge is 0.478 e. The lowest BCUT2D eigenvalue weighted by Crippen LogP contribution is -2.03. The molecule has 84 valence electrons. The highest BCUT2D eigenvalue weighted by Crippen LogP contribution is 2.23. The van der Waals surface area contributed by atoms with E-state index in [0.29, 0.717) is 5.69 Å². The molecule has 0 aliphatic heterocycles. The fraction of sp³-hybridized carbons (Fsp3) is 0.556. The maximum absolute atomic E-state index is 11.0. The van der Waals surface area contributed by atoms with Crippen molar-refractivity contribution in [1.29, 1.82) is 0 Å². The van der Waals surface area contributed by atoms with Gasteiger partial charge in [-0.25, -0.2) is 4.79 Å². The van der Waals surface area contributed by atoms with Crippen molar-refractivity contribution >= 4 is 17.6 Å². The molecule has 6 heteroatoms. The standard InChI is InChI=1S/C9H13ClN2O3/c1-5(2)12-8(10)7(9(13)14)6(11-12)4-15-3/h5H,4H2,1-3H3,(H,13,14). The van der Waals surface area contributed by atoms with Gasteiger partial charge in [0, 0.05) is 13.2 Å². The van der Waals surface area contributed by atoms with Crippen LogP contribution >= 0.6 is 11.6 Å². The van der Waals surface area contributed by atoms with Gasteiger partial charge in [-0.3, -0.25) is 4.68 Å². The zero-order chi connectivity index (χ0) is 11.6. The zero-order valence-corrected chi connectivity index (χ0v) is 9.58. The molecule has 0 aliphatic rings. The molecule has 1 aromatic heterocycles. The summed E-state index contributed by atoms with van der Waals surface area (Å²) in [6.07, 6.45) is 0. The smallest absolute Gasteiger partial charge is 0.340 e. The third kappa shape index (κ3) is 2.30. The van der Waals surface area contributed by atoms with Gasteiger partial charge >= 0.3 is 5.97 Å². The number of carboxylic acids is 1. The van der Waals surface area contributed by atoms with Crippen LogP contribution in [0.1, 0.15) is 35.9 Å². The van der Waals surface area contributed by atoms with Gasteiger partial charge in [-0.2, -0.15) is 5.10 Å². The van der Waals surface area contributed by atoms with Crippen LogP contribution in [0, 0.1) is 0 Å². The first-order valence-corrected chi connectivity index (χ1v) is 4.86. The van der Waals surface area contributed by atoms with Gasteiger partial charge in [-0.05, 0) is 13.8 Å². The van der Waals surface area contributed by atoms with Gasteiger partial charge < -0.3 is 9.84 Å². The molecule has 0 bridgehead atoms. The highest BCUT2D eigenvalue weighted by atomic mass is 35.5. The van der Waals surface area contributed by atoms with Crippen LogP contribution in [0.25, 0.3) is 0 Å². The van der Waals surface area contributed by atoms with Crippen LogP contribution in [0.15, 0.2) is 0 Å². The SMILES string of the molecule is COCc1nn(C(C)C)c(Cl)c1C(=O)O. The monoisotopic (exact) mass is 232 g/mol. The van der Waals surface area contributed by atoms with E-state index >= 15 is 0 Å². The van der Waals surface area contributed by atoms with Gasteiger partial charge in [0.15, 0.2) is 0 Å². The summed E-state index contributed by atoms with van der Waals surface area (Å²) < 4.78 is 6.34. The van der Waals surface area contributed by atoms with E-state index < -0.39 is 5.97 Å². The lowest BCUT2D eigenvalue weighted by atomic mass is 10.2. The second-order valence-corrected chi connectivity index (χ2v) is 3.75. The van der Waals surface area contributed by atoms with E-state index in [0.717, 1.165) is 0 Å². The number of carboxylic acid groups (broad SMARTS) is 1. The zero-order valence-electron chi connectivity index (χ0n) is 8.82. The van der Waals surface area contributed by atoms with Gasteiger partial charge in [0.25, 0.3) is 0 Å². The van der Waals surface area contributed by atoms with Crippen molar-refractivity contribution in [1.82, 2.24) is 9.78 Å². The predicted molar refractivity (Wildman–Crippen MR) is 55.3 cm³/mol. The third-order valence-electron chi connectivity index (χ3n) is 1.91. The highest BCUT2D eigenvalue weighted by molar-refractivity contribution is 6.32. The molecular formula is C9H13ClN2O3. The van der Waals surface area contributed by atoms with Crippen molar-refractivity contribution in [3.05, 3.63) is 16.4 Å². The number of methoxy groups -OCH3 is 1. The van der Waals surface area contributed by atoms with E-state index in [1.54, 1.807) is 0 Å². The second kappa shape index (κ2) is 4.63. The molecule has 1 heterocycles. The first-order chi connectivity index (χ1) is 6.99. The minimum Gasteiger partial charge on any atom is -0.478 e. The predicted octanol–water partition coefficient (Wildman–Crippen LogP) is 1.96. The number of nitrogens with zero attached hydrogens (tertiary/aromatic N) is 2. The molecule has 1 aromatic rings. The molecule has 0 spiro atoms. The van der Waals surface area contributed by atoms with E-state index in [9.17, 15) is 4.79 Å².